The molecule has 416 valence electrons. The average molecular weight is 1070 g/mol. The Morgan fingerprint density at radius 1 is 0.538 bits per heavy atom. The van der Waals surface area contributed by atoms with Crippen molar-refractivity contribution in [3.05, 3.63) is 138 Å². The first-order chi connectivity index (χ1) is 37.5. The summed E-state index contributed by atoms with van der Waals surface area (Å²) in [7, 11) is 6.02. The first-order valence-electron chi connectivity index (χ1n) is 26.2. The lowest BCUT2D eigenvalue weighted by Crippen LogP contribution is -2.52. The smallest absolute Gasteiger partial charge is 0.243 e. The Morgan fingerprint density at radius 2 is 1.09 bits per heavy atom. The van der Waals surface area contributed by atoms with E-state index in [2.05, 4.69) is 5.32 Å². The Kier molecular flexibility index (Phi) is 22.0. The van der Waals surface area contributed by atoms with Crippen LogP contribution in [0.3, 0.4) is 0 Å². The van der Waals surface area contributed by atoms with Gasteiger partial charge in [-0.15, -0.1) is 0 Å². The van der Waals surface area contributed by atoms with E-state index in [0.717, 1.165) is 5.56 Å². The van der Waals surface area contributed by atoms with Gasteiger partial charge >= 0.3 is 0 Å². The molecule has 0 aliphatic carbocycles. The van der Waals surface area contributed by atoms with Gasteiger partial charge < -0.3 is 53.3 Å². The summed E-state index contributed by atoms with van der Waals surface area (Å²) in [4.78, 5) is 96.4. The normalized spacial score (nSPS) is 16.8. The minimum atomic E-state index is -1.08. The monoisotopic (exact) mass is 1070 g/mol. The van der Waals surface area contributed by atoms with Crippen LogP contribution >= 0.6 is 0 Å². The summed E-state index contributed by atoms with van der Waals surface area (Å²) < 4.78 is 34.2. The number of hydrogen-bond donors (Lipinski definition) is 1. The van der Waals surface area contributed by atoms with Crippen molar-refractivity contribution < 1.29 is 57.2 Å². The van der Waals surface area contributed by atoms with Crippen molar-refractivity contribution in [3.8, 4) is 34.5 Å². The highest BCUT2D eigenvalue weighted by Gasteiger charge is 2.34. The molecule has 1 fully saturated rings. The van der Waals surface area contributed by atoms with Crippen LogP contribution in [0.2, 0.25) is 0 Å². The number of carbonyl (C=O) groups excluding carboxylic acids is 6. The molecule has 3 atom stereocenters. The fourth-order valence-electron chi connectivity index (χ4n) is 8.95. The van der Waals surface area contributed by atoms with Gasteiger partial charge in [0.25, 0.3) is 0 Å². The molecule has 0 spiro atoms. The minimum absolute atomic E-state index is 0.0449. The highest BCUT2D eigenvalue weighted by molar-refractivity contribution is 6.01. The average Bonchev–Trinajstić information content (AvgIpc) is 3.49. The molecule has 1 N–H and O–H groups in total. The van der Waals surface area contributed by atoms with Crippen LogP contribution < -0.4 is 33.9 Å². The predicted octanol–water partition coefficient (Wildman–Crippen LogP) is 7.30. The van der Waals surface area contributed by atoms with Gasteiger partial charge in [0.1, 0.15) is 54.1 Å². The van der Waals surface area contributed by atoms with Crippen LogP contribution in [0.25, 0.3) is 0 Å². The summed E-state index contributed by atoms with van der Waals surface area (Å²) in [5, 5.41) is 2.82. The number of nitrogens with zero attached hydrogens (tertiary/aromatic N) is 5. The lowest BCUT2D eigenvalue weighted by atomic mass is 10.0. The van der Waals surface area contributed by atoms with Gasteiger partial charge in [0.15, 0.2) is 5.78 Å². The van der Waals surface area contributed by atoms with Crippen LogP contribution in [0, 0.1) is 0 Å². The number of Topliss-reactive ketones (excluding diaryl/α,β-unsaturated/α-hetero) is 1. The van der Waals surface area contributed by atoms with Gasteiger partial charge in [-0.05, 0) is 107 Å². The van der Waals surface area contributed by atoms with E-state index in [1.54, 1.807) is 107 Å². The summed E-state index contributed by atoms with van der Waals surface area (Å²) in [6, 6.07) is 33.2. The van der Waals surface area contributed by atoms with Gasteiger partial charge in [0.05, 0.1) is 78.0 Å². The summed E-state index contributed by atoms with van der Waals surface area (Å²) in [6.07, 6.45) is 0.551. The zero-order chi connectivity index (χ0) is 56.3. The first-order valence-corrected chi connectivity index (χ1v) is 26.2. The number of ether oxygens (including phenoxy) is 6. The molecule has 6 rings (SSSR count). The zero-order valence-electron chi connectivity index (χ0n) is 46.3. The molecule has 0 saturated carbocycles. The van der Waals surface area contributed by atoms with E-state index in [-0.39, 0.29) is 44.6 Å². The number of hydrogen-bond acceptors (Lipinski definition) is 13. The molecule has 1 aliphatic heterocycles. The molecule has 78 heavy (non-hydrogen) atoms. The second-order valence-corrected chi connectivity index (χ2v) is 19.3. The van der Waals surface area contributed by atoms with Crippen molar-refractivity contribution in [1.82, 2.24) is 24.9 Å². The number of para-hydroxylation sites is 2. The zero-order valence-corrected chi connectivity index (χ0v) is 46.3. The van der Waals surface area contributed by atoms with Gasteiger partial charge in [-0.3, -0.25) is 33.7 Å². The Bertz CT molecular complexity index is 2770. The highest BCUT2D eigenvalue weighted by atomic mass is 16.5. The summed E-state index contributed by atoms with van der Waals surface area (Å²) in [6.45, 7) is 6.68. The predicted molar refractivity (Wildman–Crippen MR) is 296 cm³/mol. The van der Waals surface area contributed by atoms with E-state index in [0.29, 0.717) is 58.5 Å². The third-order valence-electron chi connectivity index (χ3n) is 13.6. The molecule has 0 unspecified atom stereocenters. The third kappa shape index (κ3) is 16.8. The van der Waals surface area contributed by atoms with E-state index in [1.807, 2.05) is 68.4 Å². The van der Waals surface area contributed by atoms with Gasteiger partial charge in [0.2, 0.25) is 29.5 Å². The van der Waals surface area contributed by atoms with Crippen molar-refractivity contribution in [1.29, 1.82) is 0 Å². The van der Waals surface area contributed by atoms with Crippen LogP contribution in [-0.2, 0) is 39.9 Å². The van der Waals surface area contributed by atoms with Gasteiger partial charge in [-0.1, -0.05) is 60.7 Å². The molecule has 0 bridgehead atoms. The second-order valence-electron chi connectivity index (χ2n) is 19.3. The number of anilines is 1. The van der Waals surface area contributed by atoms with Crippen molar-refractivity contribution in [2.75, 3.05) is 92.3 Å². The number of ketones is 1. The highest BCUT2D eigenvalue weighted by Crippen LogP contribution is 2.31. The SMILES string of the molecule is COc1ccc([C@@H](C)N2CC(=O)N[C@H](C)C(=O)CN(CCc3ccccc3Oc3ccccc3)CC(=O)N(c3cc(OC)cc(OC)c3)CC(=O)N(CCCOC(C)C)CC(=O)N([C@H](C)c3ccc(OC)cc3)CC2=O)cc1. The number of amides is 5. The molecule has 1 saturated heterocycles. The molecule has 1 heterocycles. The molecule has 5 aromatic carbocycles. The van der Waals surface area contributed by atoms with E-state index in [1.165, 1.54) is 33.8 Å². The van der Waals surface area contributed by atoms with Crippen LogP contribution in [-0.4, -0.2) is 154 Å². The Labute approximate surface area is 458 Å². The Morgan fingerprint density at radius 3 is 1.67 bits per heavy atom. The maximum Gasteiger partial charge on any atom is 0.243 e. The van der Waals surface area contributed by atoms with Crippen LogP contribution in [0.4, 0.5) is 5.69 Å². The molecular formula is C60H74N6O12. The summed E-state index contributed by atoms with van der Waals surface area (Å²) in [5.74, 6) is -0.287. The van der Waals surface area contributed by atoms with Gasteiger partial charge in [-0.25, -0.2) is 0 Å². The third-order valence-corrected chi connectivity index (χ3v) is 13.6. The molecule has 5 aromatic rings. The quantitative estimate of drug-likeness (QED) is 0.0813. The second kappa shape index (κ2) is 29.0. The number of nitrogens with one attached hydrogen (secondary N) is 1. The fourth-order valence-corrected chi connectivity index (χ4v) is 8.95. The van der Waals surface area contributed by atoms with Crippen molar-refractivity contribution in [2.24, 2.45) is 0 Å². The molecule has 18 heteroatoms. The van der Waals surface area contributed by atoms with Gasteiger partial charge in [-0.2, -0.15) is 0 Å². The number of benzene rings is 5. The maximum atomic E-state index is 15.2. The largest absolute Gasteiger partial charge is 0.497 e. The van der Waals surface area contributed by atoms with Crippen molar-refractivity contribution in [2.45, 2.75) is 71.7 Å². The molecule has 1 aliphatic rings. The first kappa shape index (κ1) is 59.3. The molecule has 18 nitrogen and oxygen atoms in total. The van der Waals surface area contributed by atoms with Crippen LogP contribution in [0.15, 0.2) is 121 Å². The topological polar surface area (TPSA) is 186 Å². The Hall–Kier alpha value is -7.96. The lowest BCUT2D eigenvalue weighted by molar-refractivity contribution is -0.147. The van der Waals surface area contributed by atoms with Crippen LogP contribution in [0.1, 0.15) is 69.8 Å². The lowest BCUT2D eigenvalue weighted by Gasteiger charge is -2.36. The van der Waals surface area contributed by atoms with Gasteiger partial charge in [0, 0.05) is 37.9 Å². The van der Waals surface area contributed by atoms with E-state index in [9.17, 15) is 9.59 Å². The van der Waals surface area contributed by atoms with E-state index in [4.69, 9.17) is 28.4 Å². The standard InChI is InChI=1S/C60H74N6O12/c1-41(2)77-31-15-29-63-38-59(71)65(44(5)46-22-26-50(74-7)27-23-46)40-60(72)64(43(4)45-20-24-49(73-6)25-21-45)36-56(68)61-42(3)54(67)35-62(30-28-47-16-13-14-19-55(47)78-51-17-11-10-12-18-51)37-58(70)66(39-57(63)69)48-32-52(75-8)34-53(33-48)76-9/h10-14,16-27,32-34,41-44H,15,28-31,35-40H2,1-9H3,(H,61,68)/t42-,43-,44-/m1/s1. The maximum absolute atomic E-state index is 15.2. The van der Waals surface area contributed by atoms with E-state index >= 15 is 19.2 Å². The van der Waals surface area contributed by atoms with Crippen molar-refractivity contribution >= 4 is 41.0 Å². The molecule has 5 amide bonds. The Balaban J connectivity index is 1.45. The molecular weight excluding hydrogens is 997 g/mol. The fraction of sp³-hybridized carbons (Fsp3) is 0.400. The number of methoxy groups -OCH3 is 4. The summed E-state index contributed by atoms with van der Waals surface area (Å²) >= 11 is 0. The van der Waals surface area contributed by atoms with Crippen molar-refractivity contribution in [3.63, 3.8) is 0 Å². The molecule has 0 aromatic heterocycles. The summed E-state index contributed by atoms with van der Waals surface area (Å²) in [5.41, 5.74) is 2.40. The van der Waals surface area contributed by atoms with Crippen LogP contribution in [0.5, 0.6) is 34.5 Å². The molecule has 0 radical (unpaired) electrons. The van der Waals surface area contributed by atoms with E-state index < -0.39 is 79.6 Å². The number of rotatable bonds is 19. The number of carbonyl (C=O) groups is 6. The minimum Gasteiger partial charge on any atom is -0.497 e.